The van der Waals surface area contributed by atoms with Crippen molar-refractivity contribution < 1.29 is 8.81 Å². The lowest BCUT2D eigenvalue weighted by molar-refractivity contribution is 0.469. The zero-order valence-corrected chi connectivity index (χ0v) is 10.3. The van der Waals surface area contributed by atoms with Gasteiger partial charge in [0.1, 0.15) is 11.6 Å². The Morgan fingerprint density at radius 2 is 2.06 bits per heavy atom. The Kier molecular flexibility index (Phi) is 3.12. The van der Waals surface area contributed by atoms with Gasteiger partial charge in [-0.3, -0.25) is 0 Å². The van der Waals surface area contributed by atoms with Gasteiger partial charge in [0.2, 0.25) is 0 Å². The first-order chi connectivity index (χ1) is 7.58. The van der Waals surface area contributed by atoms with Crippen LogP contribution in [0.5, 0.6) is 0 Å². The summed E-state index contributed by atoms with van der Waals surface area (Å²) in [4.78, 5) is 0. The molecule has 0 spiro atoms. The average Bonchev–Trinajstić information content (AvgIpc) is 2.67. The van der Waals surface area contributed by atoms with Gasteiger partial charge >= 0.3 is 0 Å². The fourth-order valence-electron chi connectivity index (χ4n) is 1.60. The summed E-state index contributed by atoms with van der Waals surface area (Å²) in [5.74, 6) is 0.322. The predicted molar refractivity (Wildman–Crippen MR) is 63.6 cm³/mol. The second-order valence-electron chi connectivity index (χ2n) is 3.62. The molecule has 0 saturated heterocycles. The highest BCUT2D eigenvalue weighted by atomic mass is 79.9. The van der Waals surface area contributed by atoms with E-state index in [2.05, 4.69) is 15.9 Å². The number of furan rings is 1. The Morgan fingerprint density at radius 3 is 2.69 bits per heavy atom. The number of hydrogen-bond acceptors (Lipinski definition) is 2. The molecule has 4 heteroatoms. The van der Waals surface area contributed by atoms with E-state index in [1.807, 2.05) is 6.92 Å². The van der Waals surface area contributed by atoms with Crippen molar-refractivity contribution in [1.82, 2.24) is 0 Å². The predicted octanol–water partition coefficient (Wildman–Crippen LogP) is 3.54. The first-order valence-corrected chi connectivity index (χ1v) is 5.64. The summed E-state index contributed by atoms with van der Waals surface area (Å²) in [5.41, 5.74) is 7.70. The van der Waals surface area contributed by atoms with Gasteiger partial charge in [-0.25, -0.2) is 4.39 Å². The van der Waals surface area contributed by atoms with Crippen LogP contribution in [0.2, 0.25) is 0 Å². The molecule has 16 heavy (non-hydrogen) atoms. The zero-order chi connectivity index (χ0) is 11.7. The van der Waals surface area contributed by atoms with Gasteiger partial charge in [-0.2, -0.15) is 0 Å². The maximum Gasteiger partial charge on any atom is 0.169 e. The molecule has 0 aliphatic heterocycles. The molecule has 0 aliphatic rings. The van der Waals surface area contributed by atoms with Crippen LogP contribution in [0.3, 0.4) is 0 Å². The Balaban J connectivity index is 2.40. The normalized spacial score (nSPS) is 12.8. The third-order valence-electron chi connectivity index (χ3n) is 2.48. The van der Waals surface area contributed by atoms with E-state index < -0.39 is 6.04 Å². The van der Waals surface area contributed by atoms with Gasteiger partial charge in [0, 0.05) is 0 Å². The van der Waals surface area contributed by atoms with E-state index in [4.69, 9.17) is 10.2 Å². The fourth-order valence-corrected chi connectivity index (χ4v) is 1.91. The maximum absolute atomic E-state index is 13.1. The van der Waals surface area contributed by atoms with Crippen LogP contribution in [0.4, 0.5) is 4.39 Å². The van der Waals surface area contributed by atoms with E-state index in [0.29, 0.717) is 10.4 Å². The molecule has 1 aromatic heterocycles. The molecule has 84 valence electrons. The summed E-state index contributed by atoms with van der Waals surface area (Å²) in [6, 6.07) is 7.67. The van der Waals surface area contributed by atoms with Gasteiger partial charge in [-0.1, -0.05) is 6.07 Å². The Bertz CT molecular complexity index is 509. The van der Waals surface area contributed by atoms with Crippen molar-refractivity contribution in [3.63, 3.8) is 0 Å². The maximum atomic E-state index is 13.1. The lowest BCUT2D eigenvalue weighted by atomic mass is 10.00. The average molecular weight is 284 g/mol. The monoisotopic (exact) mass is 283 g/mol. The molecule has 0 aliphatic carbocycles. The van der Waals surface area contributed by atoms with Crippen LogP contribution in [0.1, 0.15) is 22.9 Å². The molecule has 2 nitrogen and oxygen atoms in total. The van der Waals surface area contributed by atoms with E-state index in [-0.39, 0.29) is 5.82 Å². The standard InChI is InChI=1S/C12H11BrFNO/c1-7-2-3-8(14)6-9(7)12(15)10-4-5-11(13)16-10/h2-6,12H,15H2,1H3. The third kappa shape index (κ3) is 2.18. The summed E-state index contributed by atoms with van der Waals surface area (Å²) in [6.07, 6.45) is 0. The molecule has 1 aromatic carbocycles. The van der Waals surface area contributed by atoms with Crippen LogP contribution >= 0.6 is 15.9 Å². The van der Waals surface area contributed by atoms with Crippen molar-refractivity contribution in [2.75, 3.05) is 0 Å². The largest absolute Gasteiger partial charge is 0.452 e. The lowest BCUT2D eigenvalue weighted by Crippen LogP contribution is -2.12. The molecule has 0 radical (unpaired) electrons. The minimum Gasteiger partial charge on any atom is -0.452 e. The van der Waals surface area contributed by atoms with E-state index in [0.717, 1.165) is 11.1 Å². The topological polar surface area (TPSA) is 39.2 Å². The van der Waals surface area contributed by atoms with Crippen LogP contribution in [-0.2, 0) is 0 Å². The molecule has 0 fully saturated rings. The summed E-state index contributed by atoms with van der Waals surface area (Å²) < 4.78 is 19.1. The Labute approximate surface area is 101 Å². The van der Waals surface area contributed by atoms with Crippen molar-refractivity contribution in [3.05, 3.63) is 57.7 Å². The second kappa shape index (κ2) is 4.39. The molecule has 2 rings (SSSR count). The number of benzene rings is 1. The lowest BCUT2D eigenvalue weighted by Gasteiger charge is -2.12. The summed E-state index contributed by atoms with van der Waals surface area (Å²) in [6.45, 7) is 1.90. The van der Waals surface area contributed by atoms with Crippen LogP contribution in [-0.4, -0.2) is 0 Å². The highest BCUT2D eigenvalue weighted by molar-refractivity contribution is 9.10. The van der Waals surface area contributed by atoms with Crippen molar-refractivity contribution in [3.8, 4) is 0 Å². The molecule has 0 amide bonds. The van der Waals surface area contributed by atoms with Crippen LogP contribution in [0, 0.1) is 12.7 Å². The summed E-state index contributed by atoms with van der Waals surface area (Å²) in [5, 5.41) is 0. The van der Waals surface area contributed by atoms with Crippen molar-refractivity contribution >= 4 is 15.9 Å². The van der Waals surface area contributed by atoms with E-state index in [9.17, 15) is 4.39 Å². The first-order valence-electron chi connectivity index (χ1n) is 4.85. The van der Waals surface area contributed by atoms with E-state index in [1.165, 1.54) is 12.1 Å². The van der Waals surface area contributed by atoms with Crippen molar-refractivity contribution in [2.45, 2.75) is 13.0 Å². The second-order valence-corrected chi connectivity index (χ2v) is 4.40. The van der Waals surface area contributed by atoms with Gasteiger partial charge in [-0.15, -0.1) is 0 Å². The molecule has 1 atom stereocenters. The smallest absolute Gasteiger partial charge is 0.169 e. The van der Waals surface area contributed by atoms with Crippen molar-refractivity contribution in [1.29, 1.82) is 0 Å². The highest BCUT2D eigenvalue weighted by Crippen LogP contribution is 2.26. The SMILES string of the molecule is Cc1ccc(F)cc1C(N)c1ccc(Br)o1. The zero-order valence-electron chi connectivity index (χ0n) is 8.71. The van der Waals surface area contributed by atoms with Crippen molar-refractivity contribution in [2.24, 2.45) is 5.73 Å². The van der Waals surface area contributed by atoms with Gasteiger partial charge < -0.3 is 10.2 Å². The molecule has 0 saturated carbocycles. The molecular weight excluding hydrogens is 273 g/mol. The van der Waals surface area contributed by atoms with Gasteiger partial charge in [0.25, 0.3) is 0 Å². The highest BCUT2D eigenvalue weighted by Gasteiger charge is 2.15. The summed E-state index contributed by atoms with van der Waals surface area (Å²) >= 11 is 3.21. The molecular formula is C12H11BrFNO. The quantitative estimate of drug-likeness (QED) is 0.916. The molecule has 2 aromatic rings. The third-order valence-corrected chi connectivity index (χ3v) is 2.90. The van der Waals surface area contributed by atoms with E-state index in [1.54, 1.807) is 18.2 Å². The molecule has 2 N–H and O–H groups in total. The van der Waals surface area contributed by atoms with Crippen LogP contribution < -0.4 is 5.73 Å². The van der Waals surface area contributed by atoms with Gasteiger partial charge in [-0.05, 0) is 58.2 Å². The van der Waals surface area contributed by atoms with E-state index >= 15 is 0 Å². The number of halogens is 2. The number of nitrogens with two attached hydrogens (primary N) is 1. The van der Waals surface area contributed by atoms with Crippen LogP contribution in [0.25, 0.3) is 0 Å². The summed E-state index contributed by atoms with van der Waals surface area (Å²) in [7, 11) is 0. The number of aryl methyl sites for hydroxylation is 1. The first kappa shape index (κ1) is 11.4. The minimum absolute atomic E-state index is 0.290. The minimum atomic E-state index is -0.443. The Morgan fingerprint density at radius 1 is 1.31 bits per heavy atom. The number of hydrogen-bond donors (Lipinski definition) is 1. The van der Waals surface area contributed by atoms with Gasteiger partial charge in [0.05, 0.1) is 6.04 Å². The molecule has 0 bridgehead atoms. The van der Waals surface area contributed by atoms with Crippen LogP contribution in [0.15, 0.2) is 39.4 Å². The number of rotatable bonds is 2. The molecule has 1 unspecified atom stereocenters. The molecule has 1 heterocycles. The fraction of sp³-hybridized carbons (Fsp3) is 0.167. The Hall–Kier alpha value is -1.13. The van der Waals surface area contributed by atoms with Gasteiger partial charge in [0.15, 0.2) is 4.67 Å².